The molecule has 2 rings (SSSR count). The predicted molar refractivity (Wildman–Crippen MR) is 54.0 cm³/mol. The molecule has 0 unspecified atom stereocenters. The number of aromatic nitrogens is 2. The van der Waals surface area contributed by atoms with E-state index in [-0.39, 0.29) is 0 Å². The molecule has 0 bridgehead atoms. The summed E-state index contributed by atoms with van der Waals surface area (Å²) in [6.45, 7) is 7.80. The van der Waals surface area contributed by atoms with Crippen molar-refractivity contribution in [1.29, 1.82) is 0 Å². The molecule has 2 heterocycles. The van der Waals surface area contributed by atoms with Crippen LogP contribution in [0, 0.1) is 6.92 Å². The molecular weight excluding hydrogens is 160 g/mol. The van der Waals surface area contributed by atoms with E-state index >= 15 is 0 Å². The summed E-state index contributed by atoms with van der Waals surface area (Å²) in [5, 5.41) is 4.67. The molecule has 1 aliphatic heterocycles. The van der Waals surface area contributed by atoms with E-state index in [0.717, 1.165) is 6.54 Å². The highest BCUT2D eigenvalue weighted by Crippen LogP contribution is 2.25. The lowest BCUT2D eigenvalue weighted by molar-refractivity contribution is 0.481. The molecule has 0 amide bonds. The minimum Gasteiger partial charge on any atom is -0.269 e. The third-order valence-corrected chi connectivity index (χ3v) is 2.94. The summed E-state index contributed by atoms with van der Waals surface area (Å²) in [7, 11) is 0. The molecule has 0 fully saturated rings. The summed E-state index contributed by atoms with van der Waals surface area (Å²) in [5.74, 6) is 0.568. The van der Waals surface area contributed by atoms with Gasteiger partial charge in [-0.3, -0.25) is 4.68 Å². The first kappa shape index (κ1) is 8.79. The maximum absolute atomic E-state index is 4.67. The van der Waals surface area contributed by atoms with Crippen LogP contribution in [0.3, 0.4) is 0 Å². The fourth-order valence-electron chi connectivity index (χ4n) is 2.21. The Balaban J connectivity index is 2.44. The average molecular weight is 178 g/mol. The summed E-state index contributed by atoms with van der Waals surface area (Å²) >= 11 is 0. The van der Waals surface area contributed by atoms with E-state index in [9.17, 15) is 0 Å². The zero-order valence-electron chi connectivity index (χ0n) is 8.80. The Labute approximate surface area is 80.0 Å². The van der Waals surface area contributed by atoms with Gasteiger partial charge in [-0.1, -0.05) is 13.8 Å². The van der Waals surface area contributed by atoms with Crippen molar-refractivity contribution in [2.24, 2.45) is 0 Å². The lowest BCUT2D eigenvalue weighted by Crippen LogP contribution is -2.11. The highest BCUT2D eigenvalue weighted by molar-refractivity contribution is 5.27. The smallest absolute Gasteiger partial charge is 0.0681 e. The van der Waals surface area contributed by atoms with Crippen LogP contribution in [0.15, 0.2) is 0 Å². The second kappa shape index (κ2) is 3.17. The van der Waals surface area contributed by atoms with E-state index in [2.05, 4.69) is 30.6 Å². The SMILES string of the molecule is Cc1c(C(C)C)nn2c1CCCC2. The lowest BCUT2D eigenvalue weighted by atomic mass is 10.0. The molecule has 0 radical (unpaired) electrons. The van der Waals surface area contributed by atoms with E-state index in [1.165, 1.54) is 36.2 Å². The van der Waals surface area contributed by atoms with Crippen LogP contribution >= 0.6 is 0 Å². The molecule has 1 aromatic heterocycles. The van der Waals surface area contributed by atoms with Crippen LogP contribution in [0.1, 0.15) is 49.6 Å². The molecule has 2 heteroatoms. The van der Waals surface area contributed by atoms with Crippen molar-refractivity contribution in [3.05, 3.63) is 17.0 Å². The Morgan fingerprint density at radius 3 is 2.69 bits per heavy atom. The normalized spacial score (nSPS) is 16.3. The number of aryl methyl sites for hydroxylation is 1. The first-order valence-electron chi connectivity index (χ1n) is 5.26. The minimum atomic E-state index is 0.568. The third kappa shape index (κ3) is 1.38. The Morgan fingerprint density at radius 1 is 1.31 bits per heavy atom. The molecule has 1 aromatic rings. The molecule has 0 atom stereocenters. The second-order valence-electron chi connectivity index (χ2n) is 4.29. The van der Waals surface area contributed by atoms with Crippen LogP contribution in [0.5, 0.6) is 0 Å². The van der Waals surface area contributed by atoms with Gasteiger partial charge in [0.05, 0.1) is 5.69 Å². The maximum Gasteiger partial charge on any atom is 0.0681 e. The van der Waals surface area contributed by atoms with Crippen LogP contribution < -0.4 is 0 Å². The van der Waals surface area contributed by atoms with Crippen LogP contribution in [0.2, 0.25) is 0 Å². The van der Waals surface area contributed by atoms with Crippen LogP contribution in [0.25, 0.3) is 0 Å². The summed E-state index contributed by atoms with van der Waals surface area (Å²) in [6.07, 6.45) is 3.86. The molecule has 72 valence electrons. The van der Waals surface area contributed by atoms with Gasteiger partial charge >= 0.3 is 0 Å². The van der Waals surface area contributed by atoms with Gasteiger partial charge in [-0.05, 0) is 37.7 Å². The number of fused-ring (bicyclic) bond motifs is 1. The van der Waals surface area contributed by atoms with Crippen molar-refractivity contribution < 1.29 is 0 Å². The molecule has 0 N–H and O–H groups in total. The van der Waals surface area contributed by atoms with E-state index in [1.807, 2.05) is 0 Å². The van der Waals surface area contributed by atoms with Crippen LogP contribution in [0.4, 0.5) is 0 Å². The number of rotatable bonds is 1. The van der Waals surface area contributed by atoms with Gasteiger partial charge in [0.1, 0.15) is 0 Å². The van der Waals surface area contributed by atoms with E-state index < -0.39 is 0 Å². The van der Waals surface area contributed by atoms with Gasteiger partial charge in [0.25, 0.3) is 0 Å². The largest absolute Gasteiger partial charge is 0.269 e. The average Bonchev–Trinajstić information content (AvgIpc) is 2.45. The first-order chi connectivity index (χ1) is 6.20. The van der Waals surface area contributed by atoms with Gasteiger partial charge < -0.3 is 0 Å². The third-order valence-electron chi connectivity index (χ3n) is 2.94. The summed E-state index contributed by atoms with van der Waals surface area (Å²) in [4.78, 5) is 0. The molecule has 0 aromatic carbocycles. The van der Waals surface area contributed by atoms with Crippen LogP contribution in [-0.4, -0.2) is 9.78 Å². The maximum atomic E-state index is 4.67. The molecule has 0 spiro atoms. The standard InChI is InChI=1S/C11H18N2/c1-8(2)11-9(3)10-6-4-5-7-13(10)12-11/h8H,4-7H2,1-3H3. The quantitative estimate of drug-likeness (QED) is 0.646. The van der Waals surface area contributed by atoms with Crippen molar-refractivity contribution >= 4 is 0 Å². The monoisotopic (exact) mass is 178 g/mol. The minimum absolute atomic E-state index is 0.568. The van der Waals surface area contributed by atoms with Gasteiger partial charge in [-0.25, -0.2) is 0 Å². The molecule has 0 aliphatic carbocycles. The Bertz CT molecular complexity index is 310. The van der Waals surface area contributed by atoms with Crippen molar-refractivity contribution in [2.75, 3.05) is 0 Å². The van der Waals surface area contributed by atoms with E-state index in [4.69, 9.17) is 0 Å². The van der Waals surface area contributed by atoms with Crippen LogP contribution in [-0.2, 0) is 13.0 Å². The Morgan fingerprint density at radius 2 is 2.08 bits per heavy atom. The molecule has 13 heavy (non-hydrogen) atoms. The van der Waals surface area contributed by atoms with Gasteiger partial charge in [0, 0.05) is 12.2 Å². The number of nitrogens with zero attached hydrogens (tertiary/aromatic N) is 2. The van der Waals surface area contributed by atoms with E-state index in [1.54, 1.807) is 0 Å². The van der Waals surface area contributed by atoms with Gasteiger partial charge in [-0.2, -0.15) is 5.10 Å². The zero-order chi connectivity index (χ0) is 9.42. The highest BCUT2D eigenvalue weighted by Gasteiger charge is 2.18. The summed E-state index contributed by atoms with van der Waals surface area (Å²) in [6, 6.07) is 0. The number of hydrogen-bond donors (Lipinski definition) is 0. The molecular formula is C11H18N2. The van der Waals surface area contributed by atoms with E-state index in [0.29, 0.717) is 5.92 Å². The fraction of sp³-hybridized carbons (Fsp3) is 0.727. The predicted octanol–water partition coefficient (Wildman–Crippen LogP) is 2.65. The molecule has 1 aliphatic rings. The second-order valence-corrected chi connectivity index (χ2v) is 4.29. The summed E-state index contributed by atoms with van der Waals surface area (Å²) in [5.41, 5.74) is 4.22. The molecule has 2 nitrogen and oxygen atoms in total. The van der Waals surface area contributed by atoms with Crippen molar-refractivity contribution in [1.82, 2.24) is 9.78 Å². The first-order valence-corrected chi connectivity index (χ1v) is 5.26. The van der Waals surface area contributed by atoms with Crippen molar-refractivity contribution in [2.45, 2.75) is 52.5 Å². The Kier molecular flexibility index (Phi) is 2.14. The fourth-order valence-corrected chi connectivity index (χ4v) is 2.21. The van der Waals surface area contributed by atoms with Crippen molar-refractivity contribution in [3.8, 4) is 0 Å². The van der Waals surface area contributed by atoms with Gasteiger partial charge in [0.2, 0.25) is 0 Å². The van der Waals surface area contributed by atoms with Gasteiger partial charge in [0.15, 0.2) is 0 Å². The lowest BCUT2D eigenvalue weighted by Gasteiger charge is -2.13. The number of hydrogen-bond acceptors (Lipinski definition) is 1. The molecule has 0 saturated heterocycles. The highest BCUT2D eigenvalue weighted by atomic mass is 15.3. The molecule has 0 saturated carbocycles. The van der Waals surface area contributed by atoms with Crippen molar-refractivity contribution in [3.63, 3.8) is 0 Å². The van der Waals surface area contributed by atoms with Gasteiger partial charge in [-0.15, -0.1) is 0 Å². The summed E-state index contributed by atoms with van der Waals surface area (Å²) < 4.78 is 2.22. The zero-order valence-corrected chi connectivity index (χ0v) is 8.80. The topological polar surface area (TPSA) is 17.8 Å². The Hall–Kier alpha value is -0.790.